The maximum Gasteiger partial charge on any atom is 0.242 e. The van der Waals surface area contributed by atoms with Gasteiger partial charge in [0.1, 0.15) is 19.3 Å². The molecule has 1 N–H and O–H groups in total. The highest BCUT2D eigenvalue weighted by atomic mass is 35.5. The van der Waals surface area contributed by atoms with Crippen molar-refractivity contribution in [2.24, 2.45) is 0 Å². The molecule has 1 aliphatic heterocycles. The Morgan fingerprint density at radius 3 is 2.42 bits per heavy atom. The number of halogens is 2. The molecule has 8 heteroatoms. The molecular formula is C25H30Cl2N2O4. The number of rotatable bonds is 10. The third kappa shape index (κ3) is 6.78. The molecule has 0 fully saturated rings. The molecule has 1 atom stereocenters. The summed E-state index contributed by atoms with van der Waals surface area (Å²) in [4.78, 5) is 27.9. The van der Waals surface area contributed by atoms with Gasteiger partial charge in [-0.3, -0.25) is 9.59 Å². The van der Waals surface area contributed by atoms with Crippen LogP contribution >= 0.6 is 23.2 Å². The van der Waals surface area contributed by atoms with Gasteiger partial charge in [-0.25, -0.2) is 0 Å². The minimum absolute atomic E-state index is 0.102. The molecule has 0 spiro atoms. The van der Waals surface area contributed by atoms with Gasteiger partial charge in [0.2, 0.25) is 11.8 Å². The topological polar surface area (TPSA) is 67.9 Å². The van der Waals surface area contributed by atoms with E-state index in [0.717, 1.165) is 23.3 Å². The van der Waals surface area contributed by atoms with Crippen molar-refractivity contribution in [1.29, 1.82) is 0 Å². The highest BCUT2D eigenvalue weighted by molar-refractivity contribution is 6.42. The fourth-order valence-electron chi connectivity index (χ4n) is 3.76. The van der Waals surface area contributed by atoms with Crippen molar-refractivity contribution >= 4 is 35.0 Å². The number of hydrogen-bond acceptors (Lipinski definition) is 4. The van der Waals surface area contributed by atoms with E-state index in [-0.39, 0.29) is 24.8 Å². The molecule has 1 heterocycles. The Hall–Kier alpha value is -2.44. The normalized spacial score (nSPS) is 13.3. The van der Waals surface area contributed by atoms with Crippen LogP contribution < -0.4 is 14.8 Å². The molecule has 6 nitrogen and oxygen atoms in total. The second-order valence-corrected chi connectivity index (χ2v) is 8.78. The van der Waals surface area contributed by atoms with E-state index >= 15 is 0 Å². The zero-order valence-electron chi connectivity index (χ0n) is 19.0. The summed E-state index contributed by atoms with van der Waals surface area (Å²) in [6.45, 7) is 5.79. The average molecular weight is 493 g/mol. The molecule has 0 radical (unpaired) electrons. The summed E-state index contributed by atoms with van der Waals surface area (Å²) in [7, 11) is 0. The van der Waals surface area contributed by atoms with Crippen LogP contribution in [0.4, 0.5) is 0 Å². The van der Waals surface area contributed by atoms with Crippen LogP contribution in [-0.2, 0) is 22.6 Å². The van der Waals surface area contributed by atoms with Gasteiger partial charge in [-0.05, 0) is 54.7 Å². The molecule has 178 valence electrons. The number of ether oxygens (including phenoxy) is 2. The Kier molecular flexibility index (Phi) is 9.27. The van der Waals surface area contributed by atoms with Crippen molar-refractivity contribution in [2.45, 2.75) is 52.1 Å². The summed E-state index contributed by atoms with van der Waals surface area (Å²) in [5, 5.41) is 3.79. The zero-order chi connectivity index (χ0) is 23.8. The van der Waals surface area contributed by atoms with Crippen molar-refractivity contribution in [3.05, 3.63) is 57.6 Å². The second-order valence-electron chi connectivity index (χ2n) is 7.96. The van der Waals surface area contributed by atoms with Crippen LogP contribution in [0.2, 0.25) is 10.0 Å². The molecule has 0 aliphatic carbocycles. The molecule has 0 saturated heterocycles. The first kappa shape index (κ1) is 25.2. The molecule has 3 rings (SSSR count). The number of carbonyl (C=O) groups is 2. The van der Waals surface area contributed by atoms with Crippen molar-refractivity contribution in [3.8, 4) is 11.5 Å². The first-order valence-corrected chi connectivity index (χ1v) is 12.1. The van der Waals surface area contributed by atoms with Crippen LogP contribution in [-0.4, -0.2) is 42.5 Å². The average Bonchev–Trinajstić information content (AvgIpc) is 2.83. The first-order chi connectivity index (χ1) is 15.9. The summed E-state index contributed by atoms with van der Waals surface area (Å²) in [5.74, 6) is 1.17. The predicted molar refractivity (Wildman–Crippen MR) is 130 cm³/mol. The number of nitrogens with zero attached hydrogens (tertiary/aromatic N) is 1. The van der Waals surface area contributed by atoms with Gasteiger partial charge in [-0.2, -0.15) is 0 Å². The van der Waals surface area contributed by atoms with E-state index < -0.39 is 6.04 Å². The quantitative estimate of drug-likeness (QED) is 0.504. The lowest BCUT2D eigenvalue weighted by molar-refractivity contribution is -0.141. The predicted octanol–water partition coefficient (Wildman–Crippen LogP) is 5.03. The number of hydrogen-bond donors (Lipinski definition) is 1. The maximum absolute atomic E-state index is 13.4. The zero-order valence-corrected chi connectivity index (χ0v) is 20.5. The van der Waals surface area contributed by atoms with E-state index in [1.54, 1.807) is 17.0 Å². The van der Waals surface area contributed by atoms with Crippen molar-refractivity contribution in [2.75, 3.05) is 19.8 Å². The Morgan fingerprint density at radius 2 is 1.73 bits per heavy atom. The third-order valence-corrected chi connectivity index (χ3v) is 6.25. The Bertz CT molecular complexity index is 983. The van der Waals surface area contributed by atoms with Crippen LogP contribution in [0.3, 0.4) is 0 Å². The van der Waals surface area contributed by atoms with Gasteiger partial charge in [-0.15, -0.1) is 0 Å². The maximum atomic E-state index is 13.4. The minimum Gasteiger partial charge on any atom is -0.486 e. The summed E-state index contributed by atoms with van der Waals surface area (Å²) >= 11 is 12.2. The number of nitrogens with one attached hydrogen (secondary N) is 1. The molecule has 1 aliphatic rings. The number of carbonyl (C=O) groups excluding carboxylic acids is 2. The Balaban J connectivity index is 1.76. The molecule has 0 unspecified atom stereocenters. The molecule has 33 heavy (non-hydrogen) atoms. The standard InChI is InChI=1S/C25H30Cl2N2O4/c1-3-11-28-25(31)21(4-2)29(16-18-5-8-19(26)20(27)14-18)24(30)10-7-17-6-9-22-23(15-17)33-13-12-32-22/h5-6,8-9,14-15,21H,3-4,7,10-13,16H2,1-2H3,(H,28,31)/t21-/m1/s1. The van der Waals surface area contributed by atoms with Crippen LogP contribution in [0.25, 0.3) is 0 Å². The van der Waals surface area contributed by atoms with E-state index in [1.165, 1.54) is 0 Å². The van der Waals surface area contributed by atoms with E-state index in [4.69, 9.17) is 32.7 Å². The van der Waals surface area contributed by atoms with Gasteiger partial charge in [0.15, 0.2) is 11.5 Å². The molecular weight excluding hydrogens is 463 g/mol. The summed E-state index contributed by atoms with van der Waals surface area (Å²) in [5.41, 5.74) is 1.80. The molecule has 0 aromatic heterocycles. The Morgan fingerprint density at radius 1 is 1.00 bits per heavy atom. The van der Waals surface area contributed by atoms with Gasteiger partial charge in [0.05, 0.1) is 10.0 Å². The lowest BCUT2D eigenvalue weighted by Gasteiger charge is -2.31. The van der Waals surface area contributed by atoms with Crippen LogP contribution in [0, 0.1) is 0 Å². The number of benzene rings is 2. The SMILES string of the molecule is CCCNC(=O)[C@@H](CC)N(Cc1ccc(Cl)c(Cl)c1)C(=O)CCc1ccc2c(c1)OCCO2. The van der Waals surface area contributed by atoms with E-state index in [0.29, 0.717) is 48.4 Å². The van der Waals surface area contributed by atoms with Gasteiger partial charge in [0, 0.05) is 19.5 Å². The molecule has 2 aromatic carbocycles. The highest BCUT2D eigenvalue weighted by Gasteiger charge is 2.28. The smallest absolute Gasteiger partial charge is 0.242 e. The molecule has 2 amide bonds. The minimum atomic E-state index is -0.571. The van der Waals surface area contributed by atoms with Gasteiger partial charge < -0.3 is 19.7 Å². The largest absolute Gasteiger partial charge is 0.486 e. The van der Waals surface area contributed by atoms with E-state index in [2.05, 4.69) is 5.32 Å². The number of amides is 2. The van der Waals surface area contributed by atoms with Gasteiger partial charge >= 0.3 is 0 Å². The fourth-order valence-corrected chi connectivity index (χ4v) is 4.08. The van der Waals surface area contributed by atoms with E-state index in [1.807, 2.05) is 38.1 Å². The van der Waals surface area contributed by atoms with Gasteiger partial charge in [-0.1, -0.05) is 49.2 Å². The van der Waals surface area contributed by atoms with Crippen molar-refractivity contribution in [3.63, 3.8) is 0 Å². The second kappa shape index (κ2) is 12.1. The van der Waals surface area contributed by atoms with Crippen molar-refractivity contribution in [1.82, 2.24) is 10.2 Å². The van der Waals surface area contributed by atoms with Crippen LogP contribution in [0.15, 0.2) is 36.4 Å². The summed E-state index contributed by atoms with van der Waals surface area (Å²) in [6, 6.07) is 10.4. The molecule has 0 saturated carbocycles. The fraction of sp³-hybridized carbons (Fsp3) is 0.440. The van der Waals surface area contributed by atoms with Crippen LogP contribution in [0.5, 0.6) is 11.5 Å². The van der Waals surface area contributed by atoms with Gasteiger partial charge in [0.25, 0.3) is 0 Å². The Labute approximate surface area is 205 Å². The number of fused-ring (bicyclic) bond motifs is 1. The number of aryl methyl sites for hydroxylation is 1. The van der Waals surface area contributed by atoms with E-state index in [9.17, 15) is 9.59 Å². The lowest BCUT2D eigenvalue weighted by atomic mass is 10.1. The van der Waals surface area contributed by atoms with Crippen molar-refractivity contribution < 1.29 is 19.1 Å². The van der Waals surface area contributed by atoms with Crippen LogP contribution in [0.1, 0.15) is 44.2 Å². The molecule has 2 aromatic rings. The third-order valence-electron chi connectivity index (χ3n) is 5.51. The highest BCUT2D eigenvalue weighted by Crippen LogP contribution is 2.31. The monoisotopic (exact) mass is 492 g/mol. The molecule has 0 bridgehead atoms. The summed E-state index contributed by atoms with van der Waals surface area (Å²) in [6.07, 6.45) is 2.12. The lowest BCUT2D eigenvalue weighted by Crippen LogP contribution is -2.49. The first-order valence-electron chi connectivity index (χ1n) is 11.3. The summed E-state index contributed by atoms with van der Waals surface area (Å²) < 4.78 is 11.2.